The van der Waals surface area contributed by atoms with E-state index in [0.717, 1.165) is 27.7 Å². The number of pyridine rings is 1. The Morgan fingerprint density at radius 2 is 1.95 bits per heavy atom. The van der Waals surface area contributed by atoms with Crippen molar-refractivity contribution >= 4 is 17.3 Å². The van der Waals surface area contributed by atoms with E-state index >= 15 is 0 Å². The summed E-state index contributed by atoms with van der Waals surface area (Å²) in [6.45, 7) is 3.17. The van der Waals surface area contributed by atoms with Crippen LogP contribution in [0.5, 0.6) is 0 Å². The molecule has 0 aliphatic heterocycles. The van der Waals surface area contributed by atoms with Crippen molar-refractivity contribution < 1.29 is 0 Å². The molecule has 0 aliphatic carbocycles. The summed E-state index contributed by atoms with van der Waals surface area (Å²) in [5, 5.41) is 0.720. The minimum atomic E-state index is 0.474. The van der Waals surface area contributed by atoms with Crippen LogP contribution in [0, 0.1) is 6.92 Å². The van der Waals surface area contributed by atoms with E-state index in [2.05, 4.69) is 9.88 Å². The molecule has 0 fully saturated rings. The van der Waals surface area contributed by atoms with Gasteiger partial charge in [0.2, 0.25) is 0 Å². The van der Waals surface area contributed by atoms with Crippen LogP contribution in [-0.2, 0) is 13.1 Å². The third-order valence-electron chi connectivity index (χ3n) is 3.02. The molecule has 0 aliphatic rings. The van der Waals surface area contributed by atoms with E-state index in [1.54, 1.807) is 0 Å². The van der Waals surface area contributed by atoms with Gasteiger partial charge in [0.15, 0.2) is 0 Å². The fraction of sp³-hybridized carbons (Fsp3) is 0.267. The fourth-order valence-electron chi connectivity index (χ4n) is 2.16. The van der Waals surface area contributed by atoms with E-state index in [4.69, 9.17) is 17.3 Å². The molecular formula is C15H18ClN3. The number of aryl methyl sites for hydroxylation is 1. The molecule has 0 unspecified atom stereocenters. The van der Waals surface area contributed by atoms with Crippen LogP contribution in [-0.4, -0.2) is 12.0 Å². The van der Waals surface area contributed by atoms with Crippen LogP contribution in [0.15, 0.2) is 36.4 Å². The number of nitrogens with zero attached hydrogens (tertiary/aromatic N) is 2. The van der Waals surface area contributed by atoms with Crippen molar-refractivity contribution in [3.05, 3.63) is 58.4 Å². The second-order valence-corrected chi connectivity index (χ2v) is 4.99. The molecule has 0 saturated heterocycles. The molecule has 100 valence electrons. The summed E-state index contributed by atoms with van der Waals surface area (Å²) in [4.78, 5) is 6.60. The van der Waals surface area contributed by atoms with Crippen molar-refractivity contribution in [2.24, 2.45) is 5.73 Å². The maximum absolute atomic E-state index is 6.28. The molecule has 1 aromatic carbocycles. The molecule has 1 aromatic heterocycles. The maximum Gasteiger partial charge on any atom is 0.0642 e. The normalized spacial score (nSPS) is 10.5. The van der Waals surface area contributed by atoms with Gasteiger partial charge in [-0.25, -0.2) is 0 Å². The second-order valence-electron chi connectivity index (χ2n) is 4.58. The van der Waals surface area contributed by atoms with Gasteiger partial charge in [-0.2, -0.15) is 0 Å². The fourth-order valence-corrected chi connectivity index (χ4v) is 2.50. The molecular weight excluding hydrogens is 258 g/mol. The molecule has 0 saturated carbocycles. The van der Waals surface area contributed by atoms with Gasteiger partial charge >= 0.3 is 0 Å². The lowest BCUT2D eigenvalue weighted by Gasteiger charge is -2.23. The average Bonchev–Trinajstić information content (AvgIpc) is 2.38. The summed E-state index contributed by atoms with van der Waals surface area (Å²) in [6, 6.07) is 11.8. The molecule has 4 heteroatoms. The van der Waals surface area contributed by atoms with Gasteiger partial charge in [0.05, 0.1) is 22.9 Å². The zero-order valence-corrected chi connectivity index (χ0v) is 12.0. The minimum absolute atomic E-state index is 0.474. The molecule has 3 nitrogen and oxygen atoms in total. The Balaban J connectivity index is 2.27. The van der Waals surface area contributed by atoms with E-state index < -0.39 is 0 Å². The molecule has 0 radical (unpaired) electrons. The molecule has 19 heavy (non-hydrogen) atoms. The Labute approximate surface area is 119 Å². The maximum atomic E-state index is 6.28. The van der Waals surface area contributed by atoms with Gasteiger partial charge in [-0.15, -0.1) is 0 Å². The van der Waals surface area contributed by atoms with E-state index in [9.17, 15) is 0 Å². The number of rotatable bonds is 4. The van der Waals surface area contributed by atoms with Crippen LogP contribution in [0.1, 0.15) is 17.0 Å². The largest absolute Gasteiger partial charge is 0.367 e. The predicted molar refractivity (Wildman–Crippen MR) is 80.4 cm³/mol. The van der Waals surface area contributed by atoms with E-state index in [-0.39, 0.29) is 0 Å². The highest BCUT2D eigenvalue weighted by Crippen LogP contribution is 2.29. The quantitative estimate of drug-likeness (QED) is 0.932. The molecule has 2 aromatic rings. The Hall–Kier alpha value is -1.58. The van der Waals surface area contributed by atoms with Gasteiger partial charge in [-0.3, -0.25) is 4.98 Å². The van der Waals surface area contributed by atoms with Crippen LogP contribution in [0.3, 0.4) is 0 Å². The number of hydrogen-bond donors (Lipinski definition) is 1. The lowest BCUT2D eigenvalue weighted by atomic mass is 10.1. The van der Waals surface area contributed by atoms with Crippen molar-refractivity contribution in [3.8, 4) is 0 Å². The van der Waals surface area contributed by atoms with Crippen LogP contribution < -0.4 is 10.6 Å². The van der Waals surface area contributed by atoms with Gasteiger partial charge in [-0.05, 0) is 30.7 Å². The Bertz CT molecular complexity index is 569. The lowest BCUT2D eigenvalue weighted by molar-refractivity contribution is 0.865. The highest BCUT2D eigenvalue weighted by atomic mass is 35.5. The number of nitrogens with two attached hydrogens (primary N) is 1. The standard InChI is InChI=1S/C15H18ClN3/c1-11-5-3-7-13(18-11)10-19(2)15-12(9-17)6-4-8-14(15)16/h3-8H,9-10,17H2,1-2H3. The summed E-state index contributed by atoms with van der Waals surface area (Å²) in [5.41, 5.74) is 9.84. The monoisotopic (exact) mass is 275 g/mol. The third kappa shape index (κ3) is 3.25. The Morgan fingerprint density at radius 1 is 1.21 bits per heavy atom. The summed E-state index contributed by atoms with van der Waals surface area (Å²) < 4.78 is 0. The zero-order valence-electron chi connectivity index (χ0n) is 11.2. The van der Waals surface area contributed by atoms with Crippen molar-refractivity contribution in [1.29, 1.82) is 0 Å². The van der Waals surface area contributed by atoms with Crippen molar-refractivity contribution in [1.82, 2.24) is 4.98 Å². The minimum Gasteiger partial charge on any atom is -0.367 e. The molecule has 1 heterocycles. The summed E-state index contributed by atoms with van der Waals surface area (Å²) in [5.74, 6) is 0. The molecule has 2 rings (SSSR count). The first-order valence-corrected chi connectivity index (χ1v) is 6.60. The SMILES string of the molecule is Cc1cccc(CN(C)c2c(Cl)cccc2CN)n1. The highest BCUT2D eigenvalue weighted by molar-refractivity contribution is 6.33. The number of hydrogen-bond acceptors (Lipinski definition) is 3. The van der Waals surface area contributed by atoms with Gasteiger partial charge in [0.1, 0.15) is 0 Å². The molecule has 2 N–H and O–H groups in total. The Kier molecular flexibility index (Phi) is 4.40. The number of benzene rings is 1. The smallest absolute Gasteiger partial charge is 0.0642 e. The first-order chi connectivity index (χ1) is 9.11. The topological polar surface area (TPSA) is 42.1 Å². The van der Waals surface area contributed by atoms with Crippen molar-refractivity contribution in [3.63, 3.8) is 0 Å². The molecule has 0 atom stereocenters. The number of para-hydroxylation sites is 1. The van der Waals surface area contributed by atoms with Crippen LogP contribution >= 0.6 is 11.6 Å². The van der Waals surface area contributed by atoms with Gasteiger partial charge in [0.25, 0.3) is 0 Å². The van der Waals surface area contributed by atoms with Crippen LogP contribution in [0.4, 0.5) is 5.69 Å². The van der Waals surface area contributed by atoms with Crippen LogP contribution in [0.2, 0.25) is 5.02 Å². The van der Waals surface area contributed by atoms with Crippen LogP contribution in [0.25, 0.3) is 0 Å². The number of anilines is 1. The second kappa shape index (κ2) is 6.04. The van der Waals surface area contributed by atoms with Gasteiger partial charge < -0.3 is 10.6 Å². The lowest BCUT2D eigenvalue weighted by Crippen LogP contribution is -2.20. The first kappa shape index (κ1) is 13.8. The van der Waals surface area contributed by atoms with E-state index in [1.807, 2.05) is 50.4 Å². The van der Waals surface area contributed by atoms with Crippen molar-refractivity contribution in [2.75, 3.05) is 11.9 Å². The third-order valence-corrected chi connectivity index (χ3v) is 3.32. The average molecular weight is 276 g/mol. The highest BCUT2D eigenvalue weighted by Gasteiger charge is 2.11. The molecule has 0 spiro atoms. The zero-order chi connectivity index (χ0) is 13.8. The van der Waals surface area contributed by atoms with Crippen molar-refractivity contribution in [2.45, 2.75) is 20.0 Å². The van der Waals surface area contributed by atoms with E-state index in [1.165, 1.54) is 0 Å². The van der Waals surface area contributed by atoms with Gasteiger partial charge in [0, 0.05) is 19.3 Å². The molecule has 0 amide bonds. The Morgan fingerprint density at radius 3 is 2.63 bits per heavy atom. The summed E-state index contributed by atoms with van der Waals surface area (Å²) in [6.07, 6.45) is 0. The van der Waals surface area contributed by atoms with Gasteiger partial charge in [-0.1, -0.05) is 29.8 Å². The molecule has 0 bridgehead atoms. The predicted octanol–water partition coefficient (Wildman–Crippen LogP) is 3.14. The first-order valence-electron chi connectivity index (χ1n) is 6.23. The number of halogens is 1. The summed E-state index contributed by atoms with van der Waals surface area (Å²) in [7, 11) is 2.00. The summed E-state index contributed by atoms with van der Waals surface area (Å²) >= 11 is 6.28. The van der Waals surface area contributed by atoms with E-state index in [0.29, 0.717) is 13.1 Å². The number of aromatic nitrogens is 1.